The maximum Gasteiger partial charge on any atom is 0.227 e. The Morgan fingerprint density at radius 3 is 2.81 bits per heavy atom. The summed E-state index contributed by atoms with van der Waals surface area (Å²) in [6.45, 7) is 1.90. The molecule has 0 aliphatic heterocycles. The van der Waals surface area contributed by atoms with E-state index in [4.69, 9.17) is 11.6 Å². The lowest BCUT2D eigenvalue weighted by Crippen LogP contribution is -2.37. The number of rotatable bonds is 4. The molecule has 3 nitrogen and oxygen atoms in total. The van der Waals surface area contributed by atoms with Gasteiger partial charge < -0.3 is 10.0 Å². The van der Waals surface area contributed by atoms with Gasteiger partial charge in [0, 0.05) is 19.0 Å². The minimum atomic E-state index is -0.00116. The molecule has 16 heavy (non-hydrogen) atoms. The fourth-order valence-corrected chi connectivity index (χ4v) is 1.52. The summed E-state index contributed by atoms with van der Waals surface area (Å²) in [6.07, 6.45) is 0.284. The number of benzene rings is 1. The highest BCUT2D eigenvalue weighted by molar-refractivity contribution is 6.18. The lowest BCUT2D eigenvalue weighted by Gasteiger charge is -2.23. The number of aromatic hydroxyl groups is 1. The van der Waals surface area contributed by atoms with Crippen LogP contribution in [0.2, 0.25) is 0 Å². The molecule has 0 fully saturated rings. The normalized spacial score (nSPS) is 12.2. The van der Waals surface area contributed by atoms with Crippen molar-refractivity contribution in [2.75, 3.05) is 12.9 Å². The van der Waals surface area contributed by atoms with Crippen LogP contribution in [0.3, 0.4) is 0 Å². The van der Waals surface area contributed by atoms with Crippen molar-refractivity contribution in [1.82, 2.24) is 4.90 Å². The molecule has 1 rings (SSSR count). The number of alkyl halides is 1. The van der Waals surface area contributed by atoms with Gasteiger partial charge in [-0.25, -0.2) is 0 Å². The van der Waals surface area contributed by atoms with Crippen LogP contribution in [-0.4, -0.2) is 34.9 Å². The number of carbonyl (C=O) groups is 1. The highest BCUT2D eigenvalue weighted by Crippen LogP contribution is 2.12. The Bertz CT molecular complexity index is 368. The third-order valence-corrected chi connectivity index (χ3v) is 2.99. The molecule has 0 heterocycles. The monoisotopic (exact) mass is 241 g/mol. The summed E-state index contributed by atoms with van der Waals surface area (Å²) < 4.78 is 0. The van der Waals surface area contributed by atoms with E-state index in [-0.39, 0.29) is 24.1 Å². The van der Waals surface area contributed by atoms with Crippen LogP contribution in [0.25, 0.3) is 0 Å². The first-order chi connectivity index (χ1) is 7.54. The van der Waals surface area contributed by atoms with Crippen LogP contribution in [0.5, 0.6) is 5.75 Å². The number of hydrogen-bond acceptors (Lipinski definition) is 2. The standard InChI is InChI=1S/C12H16ClNO2/c1-9(8-13)14(2)12(16)7-10-4-3-5-11(15)6-10/h3-6,9,15H,7-8H2,1-2H3. The summed E-state index contributed by atoms with van der Waals surface area (Å²) >= 11 is 5.69. The van der Waals surface area contributed by atoms with Gasteiger partial charge in [0.25, 0.3) is 0 Å². The first-order valence-electron chi connectivity index (χ1n) is 5.14. The van der Waals surface area contributed by atoms with E-state index in [0.717, 1.165) is 5.56 Å². The van der Waals surface area contributed by atoms with Gasteiger partial charge in [0.15, 0.2) is 0 Å². The summed E-state index contributed by atoms with van der Waals surface area (Å²) in [5.41, 5.74) is 0.804. The van der Waals surface area contributed by atoms with Gasteiger partial charge in [0.1, 0.15) is 5.75 Å². The lowest BCUT2D eigenvalue weighted by atomic mass is 10.1. The van der Waals surface area contributed by atoms with Gasteiger partial charge in [-0.2, -0.15) is 0 Å². The maximum atomic E-state index is 11.8. The van der Waals surface area contributed by atoms with Crippen LogP contribution in [0, 0.1) is 0 Å². The second-order valence-corrected chi connectivity index (χ2v) is 4.16. The molecule has 1 atom stereocenters. The number of hydrogen-bond donors (Lipinski definition) is 1. The zero-order valence-corrected chi connectivity index (χ0v) is 10.2. The number of carbonyl (C=O) groups excluding carboxylic acids is 1. The average molecular weight is 242 g/mol. The van der Waals surface area contributed by atoms with Crippen LogP contribution in [-0.2, 0) is 11.2 Å². The minimum absolute atomic E-state index is 0.00116. The second-order valence-electron chi connectivity index (χ2n) is 3.85. The van der Waals surface area contributed by atoms with Gasteiger partial charge in [-0.15, -0.1) is 11.6 Å². The summed E-state index contributed by atoms with van der Waals surface area (Å²) in [5.74, 6) is 0.597. The molecule has 88 valence electrons. The molecule has 0 saturated carbocycles. The third-order valence-electron chi connectivity index (χ3n) is 2.54. The highest BCUT2D eigenvalue weighted by atomic mass is 35.5. The SMILES string of the molecule is CC(CCl)N(C)C(=O)Cc1cccc(O)c1. The van der Waals surface area contributed by atoms with Crippen LogP contribution >= 0.6 is 11.6 Å². The Labute approximate surface area is 101 Å². The third kappa shape index (κ3) is 3.42. The van der Waals surface area contributed by atoms with E-state index in [1.54, 1.807) is 30.1 Å². The fraction of sp³-hybridized carbons (Fsp3) is 0.417. The molecular formula is C12H16ClNO2. The van der Waals surface area contributed by atoms with Gasteiger partial charge >= 0.3 is 0 Å². The van der Waals surface area contributed by atoms with E-state index in [0.29, 0.717) is 5.88 Å². The number of phenolic OH excluding ortho intramolecular Hbond substituents is 1. The fourth-order valence-electron chi connectivity index (χ4n) is 1.32. The van der Waals surface area contributed by atoms with E-state index in [2.05, 4.69) is 0 Å². The molecule has 0 aliphatic rings. The molecule has 1 aromatic rings. The molecule has 1 N–H and O–H groups in total. The minimum Gasteiger partial charge on any atom is -0.508 e. The molecule has 4 heteroatoms. The Morgan fingerprint density at radius 1 is 1.56 bits per heavy atom. The zero-order valence-electron chi connectivity index (χ0n) is 9.48. The molecule has 0 spiro atoms. The smallest absolute Gasteiger partial charge is 0.227 e. The van der Waals surface area contributed by atoms with Crippen molar-refractivity contribution < 1.29 is 9.90 Å². The largest absolute Gasteiger partial charge is 0.508 e. The molecule has 0 aromatic heterocycles. The Kier molecular flexibility index (Phi) is 4.62. The van der Waals surface area contributed by atoms with Crippen molar-refractivity contribution in [3.8, 4) is 5.75 Å². The van der Waals surface area contributed by atoms with Crippen LogP contribution in [0.4, 0.5) is 0 Å². The van der Waals surface area contributed by atoms with Crippen molar-refractivity contribution in [1.29, 1.82) is 0 Å². The predicted molar refractivity (Wildman–Crippen MR) is 64.8 cm³/mol. The summed E-state index contributed by atoms with van der Waals surface area (Å²) in [5, 5.41) is 9.27. The van der Waals surface area contributed by atoms with Gasteiger partial charge in [-0.3, -0.25) is 4.79 Å². The number of nitrogens with zero attached hydrogens (tertiary/aromatic N) is 1. The topological polar surface area (TPSA) is 40.5 Å². The number of phenols is 1. The predicted octanol–water partition coefficient (Wildman–Crippen LogP) is 2.02. The van der Waals surface area contributed by atoms with Crippen molar-refractivity contribution in [2.45, 2.75) is 19.4 Å². The van der Waals surface area contributed by atoms with Crippen LogP contribution in [0.15, 0.2) is 24.3 Å². The molecule has 1 unspecified atom stereocenters. The quantitative estimate of drug-likeness (QED) is 0.820. The van der Waals surface area contributed by atoms with E-state index in [1.807, 2.05) is 13.0 Å². The number of likely N-dealkylation sites (N-methyl/N-ethyl adjacent to an activating group) is 1. The van der Waals surface area contributed by atoms with E-state index < -0.39 is 0 Å². The van der Waals surface area contributed by atoms with Gasteiger partial charge in [0.05, 0.1) is 6.42 Å². The van der Waals surface area contributed by atoms with Gasteiger partial charge in [0.2, 0.25) is 5.91 Å². The van der Waals surface area contributed by atoms with Crippen molar-refractivity contribution in [3.05, 3.63) is 29.8 Å². The summed E-state index contributed by atoms with van der Waals surface area (Å²) in [6, 6.07) is 6.74. The average Bonchev–Trinajstić information content (AvgIpc) is 2.27. The second kappa shape index (κ2) is 5.75. The van der Waals surface area contributed by atoms with E-state index >= 15 is 0 Å². The molecule has 1 aromatic carbocycles. The number of amides is 1. The molecule has 0 radical (unpaired) electrons. The van der Waals surface area contributed by atoms with Gasteiger partial charge in [-0.1, -0.05) is 12.1 Å². The van der Waals surface area contributed by atoms with Gasteiger partial charge in [-0.05, 0) is 24.6 Å². The summed E-state index contributed by atoms with van der Waals surface area (Å²) in [4.78, 5) is 13.4. The van der Waals surface area contributed by atoms with Crippen LogP contribution < -0.4 is 0 Å². The number of halogens is 1. The van der Waals surface area contributed by atoms with Crippen molar-refractivity contribution >= 4 is 17.5 Å². The van der Waals surface area contributed by atoms with Crippen molar-refractivity contribution in [3.63, 3.8) is 0 Å². The molecule has 0 saturated heterocycles. The zero-order chi connectivity index (χ0) is 12.1. The Hall–Kier alpha value is -1.22. The highest BCUT2D eigenvalue weighted by Gasteiger charge is 2.15. The van der Waals surface area contributed by atoms with Crippen LogP contribution in [0.1, 0.15) is 12.5 Å². The van der Waals surface area contributed by atoms with Crippen molar-refractivity contribution in [2.24, 2.45) is 0 Å². The molecule has 1 amide bonds. The molecule has 0 aliphatic carbocycles. The maximum absolute atomic E-state index is 11.8. The summed E-state index contributed by atoms with van der Waals surface area (Å²) in [7, 11) is 1.73. The van der Waals surface area contributed by atoms with E-state index in [9.17, 15) is 9.90 Å². The lowest BCUT2D eigenvalue weighted by molar-refractivity contribution is -0.130. The first-order valence-corrected chi connectivity index (χ1v) is 5.67. The molecule has 0 bridgehead atoms. The molecular weight excluding hydrogens is 226 g/mol. The Morgan fingerprint density at radius 2 is 2.25 bits per heavy atom. The Balaban J connectivity index is 2.64. The van der Waals surface area contributed by atoms with E-state index in [1.165, 1.54) is 0 Å². The first kappa shape index (κ1) is 12.8.